The summed E-state index contributed by atoms with van der Waals surface area (Å²) in [5, 5.41) is 7.18. The number of aryl methyl sites for hydroxylation is 2. The van der Waals surface area contributed by atoms with Gasteiger partial charge in [-0.25, -0.2) is 4.98 Å². The minimum absolute atomic E-state index is 0.0876. The minimum atomic E-state index is -0.0876. The molecular formula is C16H19N3OS. The van der Waals surface area contributed by atoms with E-state index in [-0.39, 0.29) is 5.91 Å². The van der Waals surface area contributed by atoms with Crippen LogP contribution in [0.15, 0.2) is 36.9 Å². The maximum Gasteiger partial charge on any atom is 0.251 e. The van der Waals surface area contributed by atoms with Crippen LogP contribution in [0, 0.1) is 13.8 Å². The molecule has 0 aliphatic heterocycles. The zero-order valence-corrected chi connectivity index (χ0v) is 13.1. The number of hydrogen-bond donors (Lipinski definition) is 2. The van der Waals surface area contributed by atoms with Crippen molar-refractivity contribution in [3.63, 3.8) is 0 Å². The Labute approximate surface area is 128 Å². The second-order valence-electron chi connectivity index (χ2n) is 4.67. The number of anilines is 1. The molecule has 0 saturated heterocycles. The molecule has 0 saturated carbocycles. The van der Waals surface area contributed by atoms with Gasteiger partial charge in [0.1, 0.15) is 0 Å². The molecule has 2 aromatic rings. The van der Waals surface area contributed by atoms with E-state index in [1.807, 2.05) is 38.1 Å². The molecule has 0 aliphatic rings. The molecule has 2 rings (SSSR count). The van der Waals surface area contributed by atoms with E-state index in [1.165, 1.54) is 4.88 Å². The molecule has 1 aromatic heterocycles. The first-order valence-electron chi connectivity index (χ1n) is 6.76. The number of aromatic nitrogens is 1. The molecule has 0 atom stereocenters. The molecule has 2 N–H and O–H groups in total. The summed E-state index contributed by atoms with van der Waals surface area (Å²) < 4.78 is 0. The Morgan fingerprint density at radius 3 is 2.62 bits per heavy atom. The van der Waals surface area contributed by atoms with E-state index in [2.05, 4.69) is 22.2 Å². The van der Waals surface area contributed by atoms with E-state index >= 15 is 0 Å². The van der Waals surface area contributed by atoms with Crippen molar-refractivity contribution < 1.29 is 4.79 Å². The van der Waals surface area contributed by atoms with Gasteiger partial charge in [-0.15, -0.1) is 17.9 Å². The number of nitrogens with one attached hydrogen (secondary N) is 2. The molecule has 0 unspecified atom stereocenters. The molecular weight excluding hydrogens is 282 g/mol. The Balaban J connectivity index is 1.94. The van der Waals surface area contributed by atoms with Crippen molar-refractivity contribution >= 4 is 22.9 Å². The van der Waals surface area contributed by atoms with Crippen LogP contribution in [0.4, 0.5) is 5.69 Å². The van der Waals surface area contributed by atoms with Crippen LogP contribution in [0.5, 0.6) is 0 Å². The lowest BCUT2D eigenvalue weighted by atomic mass is 10.2. The topological polar surface area (TPSA) is 54.0 Å². The van der Waals surface area contributed by atoms with Crippen LogP contribution in [0.25, 0.3) is 0 Å². The first-order chi connectivity index (χ1) is 10.1. The number of thiazole rings is 1. The highest BCUT2D eigenvalue weighted by Gasteiger charge is 2.06. The van der Waals surface area contributed by atoms with E-state index in [0.29, 0.717) is 12.1 Å². The standard InChI is InChI=1S/C16H19N3OS/c1-4-9-17-16(20)13-5-7-14(8-6-13)18-10-15-11(2)19-12(3)21-15/h4-8,18H,1,9-10H2,2-3H3,(H,17,20). The Morgan fingerprint density at radius 1 is 1.33 bits per heavy atom. The third kappa shape index (κ3) is 4.16. The average molecular weight is 301 g/mol. The van der Waals surface area contributed by atoms with Crippen LogP contribution < -0.4 is 10.6 Å². The summed E-state index contributed by atoms with van der Waals surface area (Å²) in [6.45, 7) is 8.83. The van der Waals surface area contributed by atoms with Gasteiger partial charge in [-0.2, -0.15) is 0 Å². The van der Waals surface area contributed by atoms with E-state index in [0.717, 1.165) is 22.9 Å². The van der Waals surface area contributed by atoms with E-state index in [9.17, 15) is 4.79 Å². The smallest absolute Gasteiger partial charge is 0.251 e. The highest BCUT2D eigenvalue weighted by atomic mass is 32.1. The molecule has 110 valence electrons. The molecule has 1 aromatic carbocycles. The molecule has 0 radical (unpaired) electrons. The number of carbonyl (C=O) groups excluding carboxylic acids is 1. The van der Waals surface area contributed by atoms with Gasteiger partial charge in [-0.05, 0) is 38.1 Å². The van der Waals surface area contributed by atoms with E-state index in [1.54, 1.807) is 17.4 Å². The second-order valence-corrected chi connectivity index (χ2v) is 5.96. The average Bonchev–Trinajstić information content (AvgIpc) is 2.81. The fourth-order valence-corrected chi connectivity index (χ4v) is 2.80. The van der Waals surface area contributed by atoms with Crippen molar-refractivity contribution in [1.82, 2.24) is 10.3 Å². The van der Waals surface area contributed by atoms with Crippen molar-refractivity contribution in [3.8, 4) is 0 Å². The number of amides is 1. The predicted molar refractivity (Wildman–Crippen MR) is 87.9 cm³/mol. The number of benzene rings is 1. The van der Waals surface area contributed by atoms with Crippen molar-refractivity contribution in [2.45, 2.75) is 20.4 Å². The van der Waals surface area contributed by atoms with Gasteiger partial charge < -0.3 is 10.6 Å². The van der Waals surface area contributed by atoms with Crippen LogP contribution in [0.1, 0.15) is 25.9 Å². The third-order valence-electron chi connectivity index (χ3n) is 3.01. The van der Waals surface area contributed by atoms with Crippen LogP contribution >= 0.6 is 11.3 Å². The molecule has 5 heteroatoms. The van der Waals surface area contributed by atoms with Gasteiger partial charge in [-0.3, -0.25) is 4.79 Å². The largest absolute Gasteiger partial charge is 0.380 e. The maximum atomic E-state index is 11.8. The van der Waals surface area contributed by atoms with Crippen LogP contribution in [-0.2, 0) is 6.54 Å². The van der Waals surface area contributed by atoms with Crippen molar-refractivity contribution in [2.24, 2.45) is 0 Å². The predicted octanol–water partition coefficient (Wildman–Crippen LogP) is 3.29. The highest BCUT2D eigenvalue weighted by molar-refractivity contribution is 7.11. The Hall–Kier alpha value is -2.14. The lowest BCUT2D eigenvalue weighted by molar-refractivity contribution is 0.0958. The molecule has 1 amide bonds. The monoisotopic (exact) mass is 301 g/mol. The first kappa shape index (κ1) is 15.3. The summed E-state index contributed by atoms with van der Waals surface area (Å²) in [6, 6.07) is 7.44. The molecule has 0 spiro atoms. The quantitative estimate of drug-likeness (QED) is 0.805. The van der Waals surface area contributed by atoms with E-state index < -0.39 is 0 Å². The van der Waals surface area contributed by atoms with Crippen LogP contribution in [-0.4, -0.2) is 17.4 Å². The van der Waals surface area contributed by atoms with Crippen molar-refractivity contribution in [3.05, 3.63) is 58.1 Å². The Kier molecular flexibility index (Phi) is 5.11. The van der Waals surface area contributed by atoms with Gasteiger partial charge in [0.05, 0.1) is 17.2 Å². The van der Waals surface area contributed by atoms with Gasteiger partial charge in [-0.1, -0.05) is 6.08 Å². The zero-order valence-electron chi connectivity index (χ0n) is 12.3. The van der Waals surface area contributed by atoms with Crippen LogP contribution in [0.3, 0.4) is 0 Å². The number of carbonyl (C=O) groups is 1. The Bertz CT molecular complexity index is 631. The van der Waals surface area contributed by atoms with Crippen molar-refractivity contribution in [1.29, 1.82) is 0 Å². The van der Waals surface area contributed by atoms with Gasteiger partial charge in [0.25, 0.3) is 5.91 Å². The number of nitrogens with zero attached hydrogens (tertiary/aromatic N) is 1. The molecule has 4 nitrogen and oxygen atoms in total. The summed E-state index contributed by atoms with van der Waals surface area (Å²) in [5.41, 5.74) is 2.71. The fourth-order valence-electron chi connectivity index (χ4n) is 1.93. The summed E-state index contributed by atoms with van der Waals surface area (Å²) in [7, 11) is 0. The molecule has 21 heavy (non-hydrogen) atoms. The van der Waals surface area contributed by atoms with Crippen molar-refractivity contribution in [2.75, 3.05) is 11.9 Å². The Morgan fingerprint density at radius 2 is 2.05 bits per heavy atom. The minimum Gasteiger partial charge on any atom is -0.380 e. The zero-order chi connectivity index (χ0) is 15.2. The normalized spacial score (nSPS) is 10.2. The van der Waals surface area contributed by atoms with Gasteiger partial charge in [0, 0.05) is 22.7 Å². The summed E-state index contributed by atoms with van der Waals surface area (Å²) in [4.78, 5) is 17.4. The number of rotatable bonds is 6. The SMILES string of the molecule is C=CCNC(=O)c1ccc(NCc2sc(C)nc2C)cc1. The maximum absolute atomic E-state index is 11.8. The number of hydrogen-bond acceptors (Lipinski definition) is 4. The molecule has 0 aliphatic carbocycles. The molecule has 0 bridgehead atoms. The lowest BCUT2D eigenvalue weighted by Gasteiger charge is -2.07. The first-order valence-corrected chi connectivity index (χ1v) is 7.57. The van der Waals surface area contributed by atoms with Gasteiger partial charge in [0.2, 0.25) is 0 Å². The second kappa shape index (κ2) is 7.04. The summed E-state index contributed by atoms with van der Waals surface area (Å²) >= 11 is 1.70. The summed E-state index contributed by atoms with van der Waals surface area (Å²) in [6.07, 6.45) is 1.66. The molecule has 1 heterocycles. The highest BCUT2D eigenvalue weighted by Crippen LogP contribution is 2.19. The lowest BCUT2D eigenvalue weighted by Crippen LogP contribution is -2.23. The van der Waals surface area contributed by atoms with Gasteiger partial charge in [0.15, 0.2) is 0 Å². The van der Waals surface area contributed by atoms with Crippen LogP contribution in [0.2, 0.25) is 0 Å². The van der Waals surface area contributed by atoms with Gasteiger partial charge >= 0.3 is 0 Å². The van der Waals surface area contributed by atoms with E-state index in [4.69, 9.17) is 0 Å². The summed E-state index contributed by atoms with van der Waals surface area (Å²) in [5.74, 6) is -0.0876. The fraction of sp³-hybridized carbons (Fsp3) is 0.250. The third-order valence-corrected chi connectivity index (χ3v) is 4.08. The molecule has 0 fully saturated rings.